The quantitative estimate of drug-likeness (QED) is 0.515. The van der Waals surface area contributed by atoms with E-state index in [-0.39, 0.29) is 0 Å². The number of hydrogen-bond donors (Lipinski definition) is 0. The highest BCUT2D eigenvalue weighted by molar-refractivity contribution is 4.92. The van der Waals surface area contributed by atoms with Crippen LogP contribution >= 0.6 is 0 Å². The Labute approximate surface area is 78.8 Å². The minimum atomic E-state index is 0.765. The van der Waals surface area contributed by atoms with Crippen molar-refractivity contribution in [3.63, 3.8) is 0 Å². The minimum absolute atomic E-state index is 0.765. The molecule has 0 bridgehead atoms. The molecule has 0 nitrogen and oxygen atoms in total. The topological polar surface area (TPSA) is 0 Å². The van der Waals surface area contributed by atoms with E-state index in [1.54, 1.807) is 5.92 Å². The molecule has 0 N–H and O–H groups in total. The molecule has 0 aliphatic heterocycles. The first kappa shape index (κ1) is 12.0. The molecule has 0 aromatic rings. The van der Waals surface area contributed by atoms with E-state index in [1.165, 1.54) is 25.7 Å². The van der Waals surface area contributed by atoms with E-state index in [0.29, 0.717) is 0 Å². The molecule has 0 aliphatic carbocycles. The molecule has 12 heavy (non-hydrogen) atoms. The predicted molar refractivity (Wildman–Crippen MR) is 57.1 cm³/mol. The highest BCUT2D eigenvalue weighted by Gasteiger charge is 2.15. The molecule has 0 heteroatoms. The molecule has 0 saturated heterocycles. The SMILES string of the molecule is CCCCCC(C)[C](C)C(C)C. The molecule has 0 amide bonds. The lowest BCUT2D eigenvalue weighted by Gasteiger charge is -2.22. The van der Waals surface area contributed by atoms with Crippen LogP contribution in [0.3, 0.4) is 0 Å². The van der Waals surface area contributed by atoms with Crippen LogP contribution in [0.15, 0.2) is 0 Å². The summed E-state index contributed by atoms with van der Waals surface area (Å²) in [6.45, 7) is 11.5. The van der Waals surface area contributed by atoms with Crippen LogP contribution in [0.5, 0.6) is 0 Å². The first-order chi connectivity index (χ1) is 5.59. The summed E-state index contributed by atoms with van der Waals surface area (Å²) in [6, 6.07) is 0. The molecule has 1 atom stereocenters. The van der Waals surface area contributed by atoms with E-state index in [4.69, 9.17) is 0 Å². The van der Waals surface area contributed by atoms with Crippen LogP contribution in [-0.2, 0) is 0 Å². The zero-order chi connectivity index (χ0) is 9.56. The molecule has 1 unspecified atom stereocenters. The third kappa shape index (κ3) is 4.79. The lowest BCUT2D eigenvalue weighted by Crippen LogP contribution is -2.11. The summed E-state index contributed by atoms with van der Waals surface area (Å²) in [4.78, 5) is 0. The molecule has 1 radical (unpaired) electrons. The Morgan fingerprint density at radius 1 is 1.08 bits per heavy atom. The van der Waals surface area contributed by atoms with Gasteiger partial charge in [-0.05, 0) is 17.8 Å². The maximum atomic E-state index is 2.37. The van der Waals surface area contributed by atoms with Crippen LogP contribution in [-0.4, -0.2) is 0 Å². The molecule has 0 heterocycles. The van der Waals surface area contributed by atoms with Crippen LogP contribution in [0.4, 0.5) is 0 Å². The molecular weight excluding hydrogens is 144 g/mol. The van der Waals surface area contributed by atoms with Crippen LogP contribution < -0.4 is 0 Å². The van der Waals surface area contributed by atoms with Gasteiger partial charge in [0.1, 0.15) is 0 Å². The van der Waals surface area contributed by atoms with Crippen LogP contribution in [0.25, 0.3) is 0 Å². The van der Waals surface area contributed by atoms with Crippen molar-refractivity contribution < 1.29 is 0 Å². The van der Waals surface area contributed by atoms with Gasteiger partial charge in [-0.2, -0.15) is 0 Å². The fourth-order valence-corrected chi connectivity index (χ4v) is 1.50. The minimum Gasteiger partial charge on any atom is -0.0654 e. The molecule has 0 spiro atoms. The van der Waals surface area contributed by atoms with Crippen molar-refractivity contribution in [3.8, 4) is 0 Å². The van der Waals surface area contributed by atoms with Gasteiger partial charge in [-0.25, -0.2) is 0 Å². The van der Waals surface area contributed by atoms with Crippen molar-refractivity contribution in [1.29, 1.82) is 0 Å². The first-order valence-corrected chi connectivity index (χ1v) is 5.42. The zero-order valence-corrected chi connectivity index (χ0v) is 9.48. The highest BCUT2D eigenvalue weighted by Crippen LogP contribution is 2.26. The van der Waals surface area contributed by atoms with Gasteiger partial charge in [-0.15, -0.1) is 0 Å². The Hall–Kier alpha value is 0. The fourth-order valence-electron chi connectivity index (χ4n) is 1.50. The third-order valence-electron chi connectivity index (χ3n) is 2.93. The van der Waals surface area contributed by atoms with E-state index >= 15 is 0 Å². The van der Waals surface area contributed by atoms with E-state index < -0.39 is 0 Å². The Balaban J connectivity index is 3.49. The van der Waals surface area contributed by atoms with E-state index in [1.807, 2.05) is 0 Å². The van der Waals surface area contributed by atoms with Crippen molar-refractivity contribution in [3.05, 3.63) is 5.92 Å². The molecule has 0 fully saturated rings. The monoisotopic (exact) mass is 169 g/mol. The molecule has 0 aromatic carbocycles. The van der Waals surface area contributed by atoms with Crippen molar-refractivity contribution in [2.24, 2.45) is 11.8 Å². The highest BCUT2D eigenvalue weighted by atomic mass is 14.2. The summed E-state index contributed by atoms with van der Waals surface area (Å²) in [7, 11) is 0. The molecule has 0 aromatic heterocycles. The Bertz CT molecular complexity index is 94.2. The molecular formula is C12H25. The maximum absolute atomic E-state index is 2.37. The van der Waals surface area contributed by atoms with Gasteiger partial charge >= 0.3 is 0 Å². The number of hydrogen-bond acceptors (Lipinski definition) is 0. The summed E-state index contributed by atoms with van der Waals surface area (Å²) in [5.74, 6) is 3.27. The van der Waals surface area contributed by atoms with Crippen molar-refractivity contribution in [1.82, 2.24) is 0 Å². The van der Waals surface area contributed by atoms with Gasteiger partial charge < -0.3 is 0 Å². The van der Waals surface area contributed by atoms with Gasteiger partial charge in [-0.3, -0.25) is 0 Å². The standard InChI is InChI=1S/C12H25/c1-6-7-8-9-11(4)12(5)10(2)3/h10-11H,6-9H2,1-5H3. The van der Waals surface area contributed by atoms with Gasteiger partial charge in [0.05, 0.1) is 0 Å². The fraction of sp³-hybridized carbons (Fsp3) is 0.917. The molecule has 0 aliphatic rings. The van der Waals surface area contributed by atoms with Gasteiger partial charge in [0, 0.05) is 0 Å². The van der Waals surface area contributed by atoms with Crippen LogP contribution in [0, 0.1) is 17.8 Å². The van der Waals surface area contributed by atoms with E-state index in [9.17, 15) is 0 Å². The van der Waals surface area contributed by atoms with Gasteiger partial charge in [-0.1, -0.05) is 60.3 Å². The summed E-state index contributed by atoms with van der Waals surface area (Å²) in [5, 5.41) is 0. The van der Waals surface area contributed by atoms with Gasteiger partial charge in [0.2, 0.25) is 0 Å². The average molecular weight is 169 g/mol. The summed E-state index contributed by atoms with van der Waals surface area (Å²) >= 11 is 0. The van der Waals surface area contributed by atoms with Crippen molar-refractivity contribution >= 4 is 0 Å². The van der Waals surface area contributed by atoms with Crippen molar-refractivity contribution in [2.75, 3.05) is 0 Å². The summed E-state index contributed by atoms with van der Waals surface area (Å²) in [6.07, 6.45) is 5.53. The normalized spacial score (nSPS) is 14.2. The number of rotatable bonds is 6. The molecule has 73 valence electrons. The predicted octanol–water partition coefficient (Wildman–Crippen LogP) is 4.45. The van der Waals surface area contributed by atoms with Crippen molar-refractivity contribution in [2.45, 2.75) is 60.3 Å². The zero-order valence-electron chi connectivity index (χ0n) is 9.48. The summed E-state index contributed by atoms with van der Waals surface area (Å²) in [5.41, 5.74) is 0. The van der Waals surface area contributed by atoms with Crippen LogP contribution in [0.2, 0.25) is 0 Å². The summed E-state index contributed by atoms with van der Waals surface area (Å²) < 4.78 is 0. The second-order valence-corrected chi connectivity index (χ2v) is 4.30. The maximum Gasteiger partial charge on any atom is -0.0218 e. The second-order valence-electron chi connectivity index (χ2n) is 4.30. The lowest BCUT2D eigenvalue weighted by atomic mass is 9.83. The van der Waals surface area contributed by atoms with Crippen LogP contribution in [0.1, 0.15) is 60.3 Å². The smallest absolute Gasteiger partial charge is 0.0218 e. The Kier molecular flexibility index (Phi) is 6.51. The Morgan fingerprint density at radius 3 is 2.08 bits per heavy atom. The number of unbranched alkanes of at least 4 members (excludes halogenated alkanes) is 2. The first-order valence-electron chi connectivity index (χ1n) is 5.42. The largest absolute Gasteiger partial charge is 0.0654 e. The molecule has 0 saturated carbocycles. The molecule has 0 rings (SSSR count). The van der Waals surface area contributed by atoms with Gasteiger partial charge in [0.25, 0.3) is 0 Å². The second kappa shape index (κ2) is 6.51. The Morgan fingerprint density at radius 2 is 1.67 bits per heavy atom. The van der Waals surface area contributed by atoms with E-state index in [2.05, 4.69) is 34.6 Å². The average Bonchev–Trinajstić information content (AvgIpc) is 2.03. The van der Waals surface area contributed by atoms with Gasteiger partial charge in [0.15, 0.2) is 0 Å². The lowest BCUT2D eigenvalue weighted by molar-refractivity contribution is 0.444. The van der Waals surface area contributed by atoms with E-state index in [0.717, 1.165) is 11.8 Å². The third-order valence-corrected chi connectivity index (χ3v) is 2.93.